The van der Waals surface area contributed by atoms with Gasteiger partial charge in [-0.3, -0.25) is 0 Å². The number of hydrogen-bond donors (Lipinski definition) is 0. The molecule has 20 heavy (non-hydrogen) atoms. The van der Waals surface area contributed by atoms with Crippen LogP contribution in [0.5, 0.6) is 0 Å². The van der Waals surface area contributed by atoms with E-state index in [2.05, 4.69) is 4.74 Å². The van der Waals surface area contributed by atoms with Crippen molar-refractivity contribution >= 4 is 6.09 Å². The number of ether oxygens (including phenoxy) is 1. The van der Waals surface area contributed by atoms with Crippen molar-refractivity contribution < 1.29 is 22.7 Å². The van der Waals surface area contributed by atoms with Gasteiger partial charge < -0.3 is 9.64 Å². The van der Waals surface area contributed by atoms with E-state index in [0.717, 1.165) is 17.7 Å². The smallest absolute Gasteiger partial charge is 0.422 e. The lowest BCUT2D eigenvalue weighted by Gasteiger charge is -2.17. The summed E-state index contributed by atoms with van der Waals surface area (Å²) in [5.74, 6) is 0. The number of aryl methyl sites for hydroxylation is 1. The fourth-order valence-electron chi connectivity index (χ4n) is 1.67. The number of carbonyl (C=O) groups is 1. The molecule has 0 aromatic heterocycles. The molecule has 0 radical (unpaired) electrons. The van der Waals surface area contributed by atoms with Gasteiger partial charge in [-0.25, -0.2) is 4.79 Å². The normalized spacial score (nSPS) is 11.2. The largest absolute Gasteiger partial charge is 0.440 e. The molecule has 0 heterocycles. The Morgan fingerprint density at radius 3 is 2.45 bits per heavy atom. The Morgan fingerprint density at radius 2 is 1.85 bits per heavy atom. The van der Waals surface area contributed by atoms with E-state index >= 15 is 0 Å². The highest BCUT2D eigenvalue weighted by Crippen LogP contribution is 2.15. The van der Waals surface area contributed by atoms with E-state index in [0.29, 0.717) is 13.0 Å². The fraction of sp³-hybridized carbons (Fsp3) is 0.500. The van der Waals surface area contributed by atoms with Crippen molar-refractivity contribution in [1.82, 2.24) is 4.90 Å². The molecule has 1 aromatic carbocycles. The van der Waals surface area contributed by atoms with E-state index in [4.69, 9.17) is 0 Å². The predicted octanol–water partition coefficient (Wildman–Crippen LogP) is 3.64. The van der Waals surface area contributed by atoms with Crippen LogP contribution >= 0.6 is 0 Å². The Balaban J connectivity index is 2.16. The zero-order valence-electron chi connectivity index (χ0n) is 11.3. The number of carbonyl (C=O) groups excluding carboxylic acids is 1. The summed E-state index contributed by atoms with van der Waals surface area (Å²) in [5.41, 5.74) is 1.20. The van der Waals surface area contributed by atoms with Crippen molar-refractivity contribution in [3.8, 4) is 0 Å². The Morgan fingerprint density at radius 1 is 1.20 bits per heavy atom. The van der Waals surface area contributed by atoms with Crippen LogP contribution in [-0.2, 0) is 11.2 Å². The van der Waals surface area contributed by atoms with Crippen LogP contribution < -0.4 is 0 Å². The zero-order valence-corrected chi connectivity index (χ0v) is 11.3. The van der Waals surface area contributed by atoms with E-state index in [-0.39, 0.29) is 0 Å². The number of unbranched alkanes of at least 4 members (excludes halogenated alkanes) is 1. The first-order valence-corrected chi connectivity index (χ1v) is 6.37. The second-order valence-corrected chi connectivity index (χ2v) is 4.53. The average molecular weight is 289 g/mol. The molecule has 0 aliphatic carbocycles. The van der Waals surface area contributed by atoms with Gasteiger partial charge in [0.05, 0.1) is 0 Å². The van der Waals surface area contributed by atoms with Crippen molar-refractivity contribution in [2.45, 2.75) is 25.4 Å². The maximum absolute atomic E-state index is 11.9. The number of alkyl halides is 3. The van der Waals surface area contributed by atoms with Crippen LogP contribution in [0.2, 0.25) is 0 Å². The van der Waals surface area contributed by atoms with Crippen molar-refractivity contribution in [2.24, 2.45) is 0 Å². The highest BCUT2D eigenvalue weighted by atomic mass is 19.4. The monoisotopic (exact) mass is 289 g/mol. The third-order valence-corrected chi connectivity index (χ3v) is 2.72. The number of benzene rings is 1. The van der Waals surface area contributed by atoms with Crippen LogP contribution in [0.15, 0.2) is 30.3 Å². The van der Waals surface area contributed by atoms with Crippen molar-refractivity contribution in [1.29, 1.82) is 0 Å². The minimum atomic E-state index is -4.48. The molecule has 0 saturated carbocycles. The Hall–Kier alpha value is -1.72. The van der Waals surface area contributed by atoms with E-state index in [1.807, 2.05) is 30.3 Å². The van der Waals surface area contributed by atoms with Gasteiger partial charge in [0, 0.05) is 13.6 Å². The summed E-state index contributed by atoms with van der Waals surface area (Å²) in [6.45, 7) is -1.16. The third-order valence-electron chi connectivity index (χ3n) is 2.72. The topological polar surface area (TPSA) is 29.5 Å². The van der Waals surface area contributed by atoms with Gasteiger partial charge in [-0.2, -0.15) is 13.2 Å². The van der Waals surface area contributed by atoms with Gasteiger partial charge in [0.25, 0.3) is 0 Å². The fourth-order valence-corrected chi connectivity index (χ4v) is 1.67. The highest BCUT2D eigenvalue weighted by molar-refractivity contribution is 5.67. The minimum absolute atomic E-state index is 0.378. The molecule has 0 unspecified atom stereocenters. The van der Waals surface area contributed by atoms with Crippen LogP contribution in [0.25, 0.3) is 0 Å². The molecule has 0 atom stereocenters. The number of halogens is 3. The molecule has 0 bridgehead atoms. The molecule has 6 heteroatoms. The number of amides is 1. The highest BCUT2D eigenvalue weighted by Gasteiger charge is 2.30. The summed E-state index contributed by atoms with van der Waals surface area (Å²) >= 11 is 0. The van der Waals surface area contributed by atoms with Crippen LogP contribution in [0.4, 0.5) is 18.0 Å². The third kappa shape index (κ3) is 7.01. The second-order valence-electron chi connectivity index (χ2n) is 4.53. The van der Waals surface area contributed by atoms with Gasteiger partial charge >= 0.3 is 12.3 Å². The summed E-state index contributed by atoms with van der Waals surface area (Å²) in [6, 6.07) is 9.88. The van der Waals surface area contributed by atoms with Crippen molar-refractivity contribution in [3.05, 3.63) is 35.9 Å². The second kappa shape index (κ2) is 7.77. The maximum atomic E-state index is 11.9. The summed E-state index contributed by atoms with van der Waals surface area (Å²) in [5, 5.41) is 0. The molecule has 112 valence electrons. The first-order chi connectivity index (χ1) is 9.38. The summed E-state index contributed by atoms with van der Waals surface area (Å²) in [4.78, 5) is 12.4. The molecule has 0 spiro atoms. The summed E-state index contributed by atoms with van der Waals surface area (Å²) < 4.78 is 39.8. The minimum Gasteiger partial charge on any atom is -0.440 e. The number of nitrogens with zero attached hydrogens (tertiary/aromatic N) is 1. The molecular weight excluding hydrogens is 271 g/mol. The summed E-state index contributed by atoms with van der Waals surface area (Å²) in [7, 11) is 1.43. The van der Waals surface area contributed by atoms with Crippen LogP contribution in [0.1, 0.15) is 18.4 Å². The van der Waals surface area contributed by atoms with E-state index < -0.39 is 18.9 Å². The van der Waals surface area contributed by atoms with E-state index in [1.54, 1.807) is 0 Å². The molecule has 0 aliphatic rings. The van der Waals surface area contributed by atoms with Crippen LogP contribution in [-0.4, -0.2) is 37.4 Å². The molecule has 0 N–H and O–H groups in total. The Labute approximate surface area is 116 Å². The van der Waals surface area contributed by atoms with Crippen LogP contribution in [0, 0.1) is 0 Å². The lowest BCUT2D eigenvalue weighted by Crippen LogP contribution is -2.31. The zero-order chi connectivity index (χ0) is 15.0. The lowest BCUT2D eigenvalue weighted by atomic mass is 10.1. The lowest BCUT2D eigenvalue weighted by molar-refractivity contribution is -0.162. The maximum Gasteiger partial charge on any atom is 0.422 e. The van der Waals surface area contributed by atoms with Gasteiger partial charge in [0.1, 0.15) is 0 Å². The van der Waals surface area contributed by atoms with Crippen LogP contribution in [0.3, 0.4) is 0 Å². The van der Waals surface area contributed by atoms with Gasteiger partial charge in [0.2, 0.25) is 0 Å². The van der Waals surface area contributed by atoms with Crippen molar-refractivity contribution in [3.63, 3.8) is 0 Å². The summed E-state index contributed by atoms with van der Waals surface area (Å²) in [6.07, 6.45) is -2.97. The standard InChI is InChI=1S/C14H18F3NO2/c1-18(13(19)20-11-14(15,16)17)10-6-5-9-12-7-3-2-4-8-12/h2-4,7-8H,5-6,9-11H2,1H3. The van der Waals surface area contributed by atoms with Gasteiger partial charge in [-0.05, 0) is 24.8 Å². The first kappa shape index (κ1) is 16.3. The van der Waals surface area contributed by atoms with E-state index in [1.165, 1.54) is 12.6 Å². The average Bonchev–Trinajstić information content (AvgIpc) is 2.41. The first-order valence-electron chi connectivity index (χ1n) is 6.37. The van der Waals surface area contributed by atoms with Gasteiger partial charge in [-0.15, -0.1) is 0 Å². The molecule has 0 aliphatic heterocycles. The molecule has 0 fully saturated rings. The molecular formula is C14H18F3NO2. The molecule has 1 rings (SSSR count). The molecule has 1 amide bonds. The van der Waals surface area contributed by atoms with Gasteiger partial charge in [-0.1, -0.05) is 30.3 Å². The number of hydrogen-bond acceptors (Lipinski definition) is 2. The molecule has 3 nitrogen and oxygen atoms in total. The number of rotatable bonds is 6. The van der Waals surface area contributed by atoms with E-state index in [9.17, 15) is 18.0 Å². The quantitative estimate of drug-likeness (QED) is 0.748. The molecule has 1 aromatic rings. The predicted molar refractivity (Wildman–Crippen MR) is 69.4 cm³/mol. The molecule has 0 saturated heterocycles. The Bertz CT molecular complexity index is 407. The van der Waals surface area contributed by atoms with Gasteiger partial charge in [0.15, 0.2) is 6.61 Å². The van der Waals surface area contributed by atoms with Crippen molar-refractivity contribution in [2.75, 3.05) is 20.2 Å². The SMILES string of the molecule is CN(CCCCc1ccccc1)C(=O)OCC(F)(F)F. The Kier molecular flexibility index (Phi) is 6.35.